The fourth-order valence-electron chi connectivity index (χ4n) is 5.24. The molecule has 0 radical (unpaired) electrons. The van der Waals surface area contributed by atoms with Gasteiger partial charge in [-0.05, 0) is 44.9 Å². The largest absolute Gasteiger partial charge is 0.469 e. The molecule has 0 heterocycles. The molecule has 9 nitrogen and oxygen atoms in total. The third-order valence-corrected chi connectivity index (χ3v) is 8.69. The average Bonchev–Trinajstić information content (AvgIpc) is 3.07. The predicted molar refractivity (Wildman–Crippen MR) is 204 cm³/mol. The summed E-state index contributed by atoms with van der Waals surface area (Å²) in [5.74, 6) is -1.09. The summed E-state index contributed by atoms with van der Waals surface area (Å²) in [7, 11) is -4.79. The molecule has 0 saturated carbocycles. The highest BCUT2D eigenvalue weighted by Gasteiger charge is 2.23. The molecule has 0 aliphatic heterocycles. The van der Waals surface area contributed by atoms with Crippen LogP contribution in [-0.2, 0) is 28.2 Å². The number of aliphatic hydroxyl groups is 1. The number of allylic oxidation sites excluding steroid dienone is 7. The van der Waals surface area contributed by atoms with Gasteiger partial charge in [-0.1, -0.05) is 159 Å². The van der Waals surface area contributed by atoms with E-state index >= 15 is 0 Å². The average molecular weight is 727 g/mol. The zero-order chi connectivity index (χ0) is 37.0. The molecular formula is C40H71O9P. The van der Waals surface area contributed by atoms with Crippen LogP contribution in [0.4, 0.5) is 0 Å². The molecule has 0 saturated heterocycles. The molecule has 0 aliphatic carbocycles. The Balaban J connectivity index is 4.16. The van der Waals surface area contributed by atoms with Gasteiger partial charge in [-0.2, -0.15) is 0 Å². The van der Waals surface area contributed by atoms with Gasteiger partial charge in [-0.25, -0.2) is 4.57 Å². The number of hydrogen-bond acceptors (Lipinski definition) is 7. The standard InChI is InChI=1S/C40H71O9P/c1-3-5-7-9-11-13-15-17-19-21-23-25-27-29-33-40(43)49-38(36-48-50(44,45)46)35-47-39(42)34-30-32-37(41)31-28-26-24-22-20-18-16-14-12-10-8-6-4-2/h12,14,18,20,24,26,28,31,37-38,41H,3-11,13,15-17,19,21-23,25,27,29-30,32-36H2,1-2H3,(H2,44,45,46)/b14-12-,20-18-,26-24-,31-28+/t37-,38-/m1/s1. The van der Waals surface area contributed by atoms with Crippen LogP contribution < -0.4 is 0 Å². The molecule has 0 aromatic heterocycles. The van der Waals surface area contributed by atoms with Crippen molar-refractivity contribution in [1.82, 2.24) is 0 Å². The SMILES string of the molecule is CCCCC/C=C\C/C=C\C/C=C\C=C\[C@@H](O)CCCC(=O)OC[C@H](COP(=O)(O)O)OC(=O)CCCCCCCCCCCCCCCC. The molecule has 0 unspecified atom stereocenters. The van der Waals surface area contributed by atoms with Crippen LogP contribution in [0.15, 0.2) is 48.6 Å². The summed E-state index contributed by atoms with van der Waals surface area (Å²) >= 11 is 0. The Bertz CT molecular complexity index is 970. The zero-order valence-electron chi connectivity index (χ0n) is 31.4. The van der Waals surface area contributed by atoms with E-state index in [2.05, 4.69) is 42.7 Å². The van der Waals surface area contributed by atoms with Crippen molar-refractivity contribution in [2.24, 2.45) is 0 Å². The molecule has 2 atom stereocenters. The van der Waals surface area contributed by atoms with E-state index in [-0.39, 0.29) is 19.4 Å². The quantitative estimate of drug-likeness (QED) is 0.0191. The van der Waals surface area contributed by atoms with Crippen LogP contribution in [0.3, 0.4) is 0 Å². The number of rotatable bonds is 35. The van der Waals surface area contributed by atoms with Gasteiger partial charge in [0.1, 0.15) is 6.61 Å². The number of esters is 2. The van der Waals surface area contributed by atoms with E-state index in [1.807, 2.05) is 12.2 Å². The molecule has 0 aromatic rings. The molecule has 50 heavy (non-hydrogen) atoms. The van der Waals surface area contributed by atoms with Gasteiger partial charge in [0.05, 0.1) is 12.7 Å². The van der Waals surface area contributed by atoms with Gasteiger partial charge >= 0.3 is 19.8 Å². The van der Waals surface area contributed by atoms with Gasteiger partial charge in [0.25, 0.3) is 0 Å². The van der Waals surface area contributed by atoms with Crippen molar-refractivity contribution < 1.29 is 43.0 Å². The third-order valence-electron chi connectivity index (χ3n) is 8.20. The van der Waals surface area contributed by atoms with Crippen molar-refractivity contribution in [3.05, 3.63) is 48.6 Å². The number of phosphoric acid groups is 1. The Morgan fingerprint density at radius 2 is 1.14 bits per heavy atom. The second-order valence-corrected chi connectivity index (χ2v) is 14.3. The van der Waals surface area contributed by atoms with Gasteiger partial charge < -0.3 is 24.4 Å². The number of ether oxygens (including phenoxy) is 2. The summed E-state index contributed by atoms with van der Waals surface area (Å²) in [5, 5.41) is 10.2. The number of unbranched alkanes of at least 4 members (excludes halogenated alkanes) is 16. The van der Waals surface area contributed by atoms with E-state index < -0.39 is 38.6 Å². The van der Waals surface area contributed by atoms with Crippen LogP contribution in [0.5, 0.6) is 0 Å². The number of aliphatic hydroxyl groups excluding tert-OH is 1. The summed E-state index contributed by atoms with van der Waals surface area (Å²) in [6.45, 7) is 3.48. The van der Waals surface area contributed by atoms with E-state index in [0.29, 0.717) is 19.3 Å². The Kier molecular flexibility index (Phi) is 33.9. The number of carbonyl (C=O) groups excluding carboxylic acids is 2. The van der Waals surface area contributed by atoms with Crippen molar-refractivity contribution in [2.45, 2.75) is 180 Å². The maximum atomic E-state index is 12.4. The van der Waals surface area contributed by atoms with Crippen LogP contribution in [0.1, 0.15) is 168 Å². The molecule has 3 N–H and O–H groups in total. The molecular weight excluding hydrogens is 655 g/mol. The van der Waals surface area contributed by atoms with Crippen LogP contribution in [0.25, 0.3) is 0 Å². The Hall–Kier alpha value is -2.03. The van der Waals surface area contributed by atoms with E-state index in [1.54, 1.807) is 12.2 Å². The molecule has 0 fully saturated rings. The van der Waals surface area contributed by atoms with Gasteiger partial charge in [-0.3, -0.25) is 14.1 Å². The van der Waals surface area contributed by atoms with Gasteiger partial charge in [0, 0.05) is 12.8 Å². The monoisotopic (exact) mass is 726 g/mol. The fraction of sp³-hybridized carbons (Fsp3) is 0.750. The normalized spacial score (nSPS) is 13.6. The highest BCUT2D eigenvalue weighted by molar-refractivity contribution is 7.46. The highest BCUT2D eigenvalue weighted by atomic mass is 31.2. The molecule has 290 valence electrons. The van der Waals surface area contributed by atoms with Crippen molar-refractivity contribution in [2.75, 3.05) is 13.2 Å². The maximum Gasteiger partial charge on any atom is 0.469 e. The first-order valence-corrected chi connectivity index (χ1v) is 21.1. The van der Waals surface area contributed by atoms with E-state index in [1.165, 1.54) is 83.5 Å². The van der Waals surface area contributed by atoms with Gasteiger partial charge in [0.15, 0.2) is 6.10 Å². The number of phosphoric ester groups is 1. The maximum absolute atomic E-state index is 12.4. The van der Waals surface area contributed by atoms with Crippen LogP contribution in [-0.4, -0.2) is 52.3 Å². The topological polar surface area (TPSA) is 140 Å². The first-order chi connectivity index (χ1) is 24.2. The number of hydrogen-bond donors (Lipinski definition) is 3. The second kappa shape index (κ2) is 35.4. The lowest BCUT2D eigenvalue weighted by molar-refractivity contribution is -0.161. The van der Waals surface area contributed by atoms with E-state index in [0.717, 1.165) is 38.5 Å². The summed E-state index contributed by atoms with van der Waals surface area (Å²) < 4.78 is 26.2. The van der Waals surface area contributed by atoms with E-state index in [9.17, 15) is 19.3 Å². The second-order valence-electron chi connectivity index (χ2n) is 13.1. The fourth-order valence-corrected chi connectivity index (χ4v) is 5.60. The van der Waals surface area contributed by atoms with Crippen LogP contribution in [0.2, 0.25) is 0 Å². The molecule has 0 amide bonds. The molecule has 10 heteroatoms. The molecule has 0 aliphatic rings. The van der Waals surface area contributed by atoms with Gasteiger partial charge in [-0.15, -0.1) is 0 Å². The summed E-state index contributed by atoms with van der Waals surface area (Å²) in [6.07, 6.45) is 38.6. The molecule has 0 aromatic carbocycles. The summed E-state index contributed by atoms with van der Waals surface area (Å²) in [5.41, 5.74) is 0. The third kappa shape index (κ3) is 37.2. The lowest BCUT2D eigenvalue weighted by Gasteiger charge is -2.18. The molecule has 0 spiro atoms. The minimum atomic E-state index is -4.79. The Morgan fingerprint density at radius 3 is 1.74 bits per heavy atom. The predicted octanol–water partition coefficient (Wildman–Crippen LogP) is 10.5. The minimum absolute atomic E-state index is 0.0393. The van der Waals surface area contributed by atoms with Crippen molar-refractivity contribution in [1.29, 1.82) is 0 Å². The smallest absolute Gasteiger partial charge is 0.462 e. The number of carbonyl (C=O) groups is 2. The van der Waals surface area contributed by atoms with Crippen LogP contribution in [0, 0.1) is 0 Å². The molecule has 0 rings (SSSR count). The lowest BCUT2D eigenvalue weighted by atomic mass is 10.0. The van der Waals surface area contributed by atoms with Gasteiger partial charge in [0.2, 0.25) is 0 Å². The zero-order valence-corrected chi connectivity index (χ0v) is 32.3. The van der Waals surface area contributed by atoms with Crippen molar-refractivity contribution in [3.63, 3.8) is 0 Å². The van der Waals surface area contributed by atoms with E-state index in [4.69, 9.17) is 19.3 Å². The Morgan fingerprint density at radius 1 is 0.620 bits per heavy atom. The van der Waals surface area contributed by atoms with Crippen molar-refractivity contribution in [3.8, 4) is 0 Å². The summed E-state index contributed by atoms with van der Waals surface area (Å²) in [4.78, 5) is 42.7. The van der Waals surface area contributed by atoms with Crippen LogP contribution >= 0.6 is 7.82 Å². The van der Waals surface area contributed by atoms with Crippen molar-refractivity contribution >= 4 is 19.8 Å². The molecule has 0 bridgehead atoms. The first-order valence-electron chi connectivity index (χ1n) is 19.5. The minimum Gasteiger partial charge on any atom is -0.462 e. The Labute approximate surface area is 304 Å². The summed E-state index contributed by atoms with van der Waals surface area (Å²) in [6, 6.07) is 0. The first kappa shape index (κ1) is 48.0. The highest BCUT2D eigenvalue weighted by Crippen LogP contribution is 2.36. The lowest BCUT2D eigenvalue weighted by Crippen LogP contribution is -2.29.